The largest absolute Gasteiger partial charge is 0.465 e. The molecule has 0 fully saturated rings. The Hall–Kier alpha value is -3.52. The first-order valence-corrected chi connectivity index (χ1v) is 10.6. The summed E-state index contributed by atoms with van der Waals surface area (Å²) < 4.78 is 4.86. The fourth-order valence-electron chi connectivity index (χ4n) is 3.48. The number of nitrogens with zero attached hydrogens (tertiary/aromatic N) is 1. The van der Waals surface area contributed by atoms with Crippen LogP contribution in [-0.4, -0.2) is 29.0 Å². The molecule has 2 aromatic heterocycles. The normalized spacial score (nSPS) is 11.1. The van der Waals surface area contributed by atoms with Gasteiger partial charge in [-0.05, 0) is 42.3 Å². The highest BCUT2D eigenvalue weighted by atomic mass is 32.1. The van der Waals surface area contributed by atoms with Gasteiger partial charge in [-0.3, -0.25) is 9.59 Å². The number of fused-ring (bicyclic) bond motifs is 2. The van der Waals surface area contributed by atoms with E-state index in [0.717, 1.165) is 21.2 Å². The van der Waals surface area contributed by atoms with Crippen molar-refractivity contribution in [3.63, 3.8) is 0 Å². The number of carbonyl (C=O) groups excluding carboxylic acids is 2. The number of rotatable bonds is 5. The van der Waals surface area contributed by atoms with Crippen LogP contribution in [0.2, 0.25) is 0 Å². The number of H-pyrrole nitrogens is 1. The molecule has 2 aromatic carbocycles. The molecule has 0 bridgehead atoms. The highest BCUT2D eigenvalue weighted by Gasteiger charge is 2.16. The number of anilines is 1. The number of aryl methyl sites for hydroxylation is 3. The second-order valence-corrected chi connectivity index (χ2v) is 8.46. The Balaban J connectivity index is 1.55. The fourth-order valence-corrected chi connectivity index (χ4v) is 4.53. The summed E-state index contributed by atoms with van der Waals surface area (Å²) in [5.74, 6) is -0.358. The number of thiophene rings is 1. The Labute approximate surface area is 182 Å². The average Bonchev–Trinajstić information content (AvgIpc) is 3.05. The van der Waals surface area contributed by atoms with E-state index in [-0.39, 0.29) is 29.9 Å². The molecule has 8 heteroatoms. The summed E-state index contributed by atoms with van der Waals surface area (Å²) in [6.07, 6.45) is 0.374. The van der Waals surface area contributed by atoms with Crippen LogP contribution in [0.5, 0.6) is 0 Å². The zero-order chi connectivity index (χ0) is 22.1. The van der Waals surface area contributed by atoms with E-state index < -0.39 is 5.97 Å². The van der Waals surface area contributed by atoms with Gasteiger partial charge in [0, 0.05) is 17.7 Å². The van der Waals surface area contributed by atoms with E-state index in [4.69, 9.17) is 4.74 Å². The quantitative estimate of drug-likeness (QED) is 0.460. The van der Waals surface area contributed by atoms with E-state index in [1.807, 2.05) is 38.1 Å². The van der Waals surface area contributed by atoms with Gasteiger partial charge in [-0.15, -0.1) is 11.3 Å². The van der Waals surface area contributed by atoms with Crippen molar-refractivity contribution in [3.05, 3.63) is 68.6 Å². The zero-order valence-electron chi connectivity index (χ0n) is 17.4. The lowest BCUT2D eigenvalue weighted by molar-refractivity contribution is -0.116. The summed E-state index contributed by atoms with van der Waals surface area (Å²) >= 11 is 1.47. The molecule has 0 aliphatic heterocycles. The molecule has 4 aromatic rings. The Kier molecular flexibility index (Phi) is 5.56. The van der Waals surface area contributed by atoms with E-state index in [1.165, 1.54) is 18.4 Å². The van der Waals surface area contributed by atoms with Crippen LogP contribution in [0.1, 0.15) is 33.0 Å². The van der Waals surface area contributed by atoms with Crippen LogP contribution in [-0.2, 0) is 16.0 Å². The van der Waals surface area contributed by atoms with Crippen LogP contribution in [0, 0.1) is 13.8 Å². The number of benzene rings is 2. The molecular formula is C23H21N3O4S. The zero-order valence-corrected chi connectivity index (χ0v) is 18.2. The van der Waals surface area contributed by atoms with Gasteiger partial charge in [-0.1, -0.05) is 24.3 Å². The molecule has 0 aliphatic carbocycles. The van der Waals surface area contributed by atoms with E-state index >= 15 is 0 Å². The van der Waals surface area contributed by atoms with Gasteiger partial charge >= 0.3 is 5.97 Å². The third-order valence-electron chi connectivity index (χ3n) is 5.24. The molecule has 0 atom stereocenters. The van der Waals surface area contributed by atoms with E-state index in [1.54, 1.807) is 12.1 Å². The van der Waals surface area contributed by atoms with Crippen LogP contribution in [0.15, 0.2) is 41.2 Å². The molecule has 7 nitrogen and oxygen atoms in total. The lowest BCUT2D eigenvalue weighted by atomic mass is 10.0. The maximum absolute atomic E-state index is 12.6. The SMILES string of the molecule is COC(=O)c1cc2ccccc2cc1NC(=O)CCc1nc2sc(C)c(C)c2c(=O)[nH]1. The van der Waals surface area contributed by atoms with E-state index in [0.29, 0.717) is 21.7 Å². The summed E-state index contributed by atoms with van der Waals surface area (Å²) in [6.45, 7) is 3.86. The molecular weight excluding hydrogens is 414 g/mol. The van der Waals surface area contributed by atoms with Crippen LogP contribution in [0.3, 0.4) is 0 Å². The first kappa shape index (κ1) is 20.7. The minimum atomic E-state index is -0.527. The van der Waals surface area contributed by atoms with Gasteiger partial charge in [0.05, 0.1) is 23.7 Å². The molecule has 0 aliphatic rings. The van der Waals surface area contributed by atoms with Gasteiger partial charge < -0.3 is 15.0 Å². The number of carbonyl (C=O) groups is 2. The standard InChI is InChI=1S/C23H21N3O4S/c1-12-13(2)31-22-20(12)21(28)25-18(26-22)8-9-19(27)24-17-11-15-7-5-4-6-14(15)10-16(17)23(29)30-3/h4-7,10-11H,8-9H2,1-3H3,(H,24,27)(H,25,26,28). The van der Waals surface area contributed by atoms with Crippen LogP contribution in [0.4, 0.5) is 5.69 Å². The smallest absolute Gasteiger partial charge is 0.339 e. The Morgan fingerprint density at radius 2 is 1.87 bits per heavy atom. The number of ether oxygens (including phenoxy) is 1. The maximum Gasteiger partial charge on any atom is 0.339 e. The van der Waals surface area contributed by atoms with Gasteiger partial charge in [0.15, 0.2) is 0 Å². The molecule has 2 heterocycles. The molecule has 0 unspecified atom stereocenters. The Bertz CT molecular complexity index is 1390. The number of hydrogen-bond acceptors (Lipinski definition) is 6. The number of nitrogens with one attached hydrogen (secondary N) is 2. The lowest BCUT2D eigenvalue weighted by Gasteiger charge is -2.11. The van der Waals surface area contributed by atoms with Crippen LogP contribution >= 0.6 is 11.3 Å². The molecule has 31 heavy (non-hydrogen) atoms. The lowest BCUT2D eigenvalue weighted by Crippen LogP contribution is -2.18. The van der Waals surface area contributed by atoms with Crippen molar-refractivity contribution in [2.45, 2.75) is 26.7 Å². The molecule has 0 saturated heterocycles. The predicted molar refractivity (Wildman–Crippen MR) is 122 cm³/mol. The Morgan fingerprint density at radius 1 is 1.16 bits per heavy atom. The van der Waals surface area contributed by atoms with Crippen molar-refractivity contribution in [3.8, 4) is 0 Å². The molecule has 0 spiro atoms. The molecule has 1 amide bonds. The van der Waals surface area contributed by atoms with Gasteiger partial charge in [0.2, 0.25) is 5.91 Å². The van der Waals surface area contributed by atoms with Crippen molar-refractivity contribution in [1.29, 1.82) is 0 Å². The average molecular weight is 436 g/mol. The number of methoxy groups -OCH3 is 1. The van der Waals surface area contributed by atoms with Crippen LogP contribution < -0.4 is 10.9 Å². The first-order chi connectivity index (χ1) is 14.9. The second-order valence-electron chi connectivity index (χ2n) is 7.26. The summed E-state index contributed by atoms with van der Waals surface area (Å²) in [7, 11) is 1.30. The molecule has 2 N–H and O–H groups in total. The maximum atomic E-state index is 12.6. The number of aromatic amines is 1. The Morgan fingerprint density at radius 3 is 2.58 bits per heavy atom. The summed E-state index contributed by atoms with van der Waals surface area (Å²) in [5.41, 5.74) is 1.42. The van der Waals surface area contributed by atoms with Crippen molar-refractivity contribution >= 4 is 49.9 Å². The first-order valence-electron chi connectivity index (χ1n) is 9.77. The van der Waals surface area contributed by atoms with Gasteiger partial charge in [-0.2, -0.15) is 0 Å². The summed E-state index contributed by atoms with van der Waals surface area (Å²) in [5, 5.41) is 5.17. The topological polar surface area (TPSA) is 101 Å². The minimum Gasteiger partial charge on any atom is -0.465 e. The van der Waals surface area contributed by atoms with Gasteiger partial charge in [-0.25, -0.2) is 9.78 Å². The predicted octanol–water partition coefficient (Wildman–Crippen LogP) is 4.11. The fraction of sp³-hybridized carbons (Fsp3) is 0.217. The monoisotopic (exact) mass is 435 g/mol. The number of amides is 1. The molecule has 158 valence electrons. The molecule has 4 rings (SSSR count). The van der Waals surface area contributed by atoms with Crippen molar-refractivity contribution in [1.82, 2.24) is 9.97 Å². The number of aromatic nitrogens is 2. The van der Waals surface area contributed by atoms with Crippen molar-refractivity contribution < 1.29 is 14.3 Å². The third-order valence-corrected chi connectivity index (χ3v) is 6.34. The van der Waals surface area contributed by atoms with Crippen molar-refractivity contribution in [2.75, 3.05) is 12.4 Å². The van der Waals surface area contributed by atoms with Crippen LogP contribution in [0.25, 0.3) is 21.0 Å². The molecule has 0 radical (unpaired) electrons. The third kappa shape index (κ3) is 4.06. The minimum absolute atomic E-state index is 0.102. The second kappa shape index (κ2) is 8.31. The van der Waals surface area contributed by atoms with E-state index in [9.17, 15) is 14.4 Å². The van der Waals surface area contributed by atoms with Gasteiger partial charge in [0.25, 0.3) is 5.56 Å². The van der Waals surface area contributed by atoms with Gasteiger partial charge in [0.1, 0.15) is 10.7 Å². The number of esters is 1. The summed E-state index contributed by atoms with van der Waals surface area (Å²) in [4.78, 5) is 46.2. The number of hydrogen-bond donors (Lipinski definition) is 2. The molecule has 0 saturated carbocycles. The van der Waals surface area contributed by atoms with E-state index in [2.05, 4.69) is 15.3 Å². The highest BCUT2D eigenvalue weighted by molar-refractivity contribution is 7.18. The summed E-state index contributed by atoms with van der Waals surface area (Å²) in [6, 6.07) is 11.0. The highest BCUT2D eigenvalue weighted by Crippen LogP contribution is 2.27. The van der Waals surface area contributed by atoms with Crippen molar-refractivity contribution in [2.24, 2.45) is 0 Å².